The number of rotatable bonds is 2. The summed E-state index contributed by atoms with van der Waals surface area (Å²) in [5.41, 5.74) is 1.40. The van der Waals surface area contributed by atoms with Crippen molar-refractivity contribution in [2.24, 2.45) is 0 Å². The summed E-state index contributed by atoms with van der Waals surface area (Å²) in [6.07, 6.45) is -0.0194. The fourth-order valence-corrected chi connectivity index (χ4v) is 2.60. The molecule has 0 spiro atoms. The van der Waals surface area contributed by atoms with E-state index in [4.69, 9.17) is 21.1 Å². The van der Waals surface area contributed by atoms with Gasteiger partial charge in [-0.2, -0.15) is 0 Å². The fraction of sp³-hybridized carbons (Fsp3) is 0.188. The summed E-state index contributed by atoms with van der Waals surface area (Å²) >= 11 is 6.16. The van der Waals surface area contributed by atoms with Crippen molar-refractivity contribution in [2.75, 3.05) is 7.11 Å². The minimum Gasteiger partial charge on any atom is -0.496 e. The van der Waals surface area contributed by atoms with Crippen molar-refractivity contribution in [1.82, 2.24) is 0 Å². The summed E-state index contributed by atoms with van der Waals surface area (Å²) in [5, 5.41) is 0.426. The number of halogens is 1. The van der Waals surface area contributed by atoms with E-state index in [-0.39, 0.29) is 18.3 Å². The Morgan fingerprint density at radius 1 is 1.20 bits per heavy atom. The number of ketones is 1. The van der Waals surface area contributed by atoms with Crippen molar-refractivity contribution >= 4 is 17.4 Å². The van der Waals surface area contributed by atoms with Gasteiger partial charge in [-0.25, -0.2) is 0 Å². The van der Waals surface area contributed by atoms with Gasteiger partial charge in [-0.15, -0.1) is 0 Å². The number of hydrogen-bond acceptors (Lipinski definition) is 3. The highest BCUT2D eigenvalue weighted by molar-refractivity contribution is 6.33. The predicted octanol–water partition coefficient (Wildman–Crippen LogP) is 4.06. The van der Waals surface area contributed by atoms with Crippen molar-refractivity contribution in [3.8, 4) is 11.5 Å². The molecule has 1 aliphatic rings. The average molecular weight is 289 g/mol. The van der Waals surface area contributed by atoms with Gasteiger partial charge in [0.05, 0.1) is 18.6 Å². The number of fused-ring (bicyclic) bond motifs is 1. The molecule has 3 nitrogen and oxygen atoms in total. The third-order valence-electron chi connectivity index (χ3n) is 3.37. The van der Waals surface area contributed by atoms with E-state index in [1.54, 1.807) is 12.1 Å². The van der Waals surface area contributed by atoms with E-state index < -0.39 is 0 Å². The van der Waals surface area contributed by atoms with Crippen LogP contribution in [0.5, 0.6) is 11.5 Å². The van der Waals surface area contributed by atoms with E-state index in [1.165, 1.54) is 7.11 Å². The maximum absolute atomic E-state index is 12.4. The van der Waals surface area contributed by atoms with Crippen LogP contribution in [0.15, 0.2) is 42.5 Å². The van der Waals surface area contributed by atoms with E-state index in [9.17, 15) is 4.79 Å². The zero-order valence-electron chi connectivity index (χ0n) is 10.9. The number of hydrogen-bond donors (Lipinski definition) is 0. The minimum absolute atomic E-state index is 0.0144. The number of benzene rings is 2. The van der Waals surface area contributed by atoms with Gasteiger partial charge < -0.3 is 9.47 Å². The zero-order chi connectivity index (χ0) is 14.1. The van der Waals surface area contributed by atoms with Gasteiger partial charge >= 0.3 is 0 Å². The lowest BCUT2D eigenvalue weighted by molar-refractivity contribution is 0.0845. The molecule has 0 aliphatic carbocycles. The lowest BCUT2D eigenvalue weighted by Gasteiger charge is -2.27. The molecule has 1 aliphatic heterocycles. The maximum Gasteiger partial charge on any atom is 0.174 e. The molecule has 2 aromatic rings. The molecule has 0 fully saturated rings. The highest BCUT2D eigenvalue weighted by Crippen LogP contribution is 2.43. The van der Waals surface area contributed by atoms with E-state index >= 15 is 0 Å². The number of ether oxygens (including phenoxy) is 2. The van der Waals surface area contributed by atoms with Gasteiger partial charge in [-0.05, 0) is 17.7 Å². The topological polar surface area (TPSA) is 35.5 Å². The number of carbonyl (C=O) groups is 1. The molecule has 0 N–H and O–H groups in total. The van der Waals surface area contributed by atoms with Gasteiger partial charge in [0.15, 0.2) is 11.5 Å². The summed E-state index contributed by atoms with van der Waals surface area (Å²) in [6, 6.07) is 13.0. The van der Waals surface area contributed by atoms with E-state index in [1.807, 2.05) is 30.3 Å². The molecule has 0 radical (unpaired) electrons. The van der Waals surface area contributed by atoms with Gasteiger partial charge in [0.1, 0.15) is 17.4 Å². The second kappa shape index (κ2) is 5.17. The fourth-order valence-electron chi connectivity index (χ4n) is 2.40. The SMILES string of the molecule is COc1ccc(Cl)c2c1C(=O)CC(c1ccccc1)O2. The molecular formula is C16H13ClO3. The Hall–Kier alpha value is -2.00. The molecule has 0 bridgehead atoms. The van der Waals surface area contributed by atoms with Crippen LogP contribution in [0.25, 0.3) is 0 Å². The summed E-state index contributed by atoms with van der Waals surface area (Å²) in [5.74, 6) is 0.900. The molecular weight excluding hydrogens is 276 g/mol. The minimum atomic E-state index is -0.305. The van der Waals surface area contributed by atoms with Gasteiger partial charge in [0, 0.05) is 0 Å². The van der Waals surface area contributed by atoms with Crippen LogP contribution in [0.1, 0.15) is 28.4 Å². The Balaban J connectivity index is 2.05. The molecule has 3 rings (SSSR count). The van der Waals surface area contributed by atoms with Crippen molar-refractivity contribution in [1.29, 1.82) is 0 Å². The Kier molecular flexibility index (Phi) is 3.36. The monoisotopic (exact) mass is 288 g/mol. The molecule has 0 saturated carbocycles. The number of Topliss-reactive ketones (excluding diaryl/α,β-unsaturated/α-hetero) is 1. The van der Waals surface area contributed by atoms with Crippen molar-refractivity contribution in [3.05, 3.63) is 58.6 Å². The van der Waals surface area contributed by atoms with Crippen LogP contribution in [-0.4, -0.2) is 12.9 Å². The normalized spacial score (nSPS) is 17.3. The maximum atomic E-state index is 12.4. The van der Waals surface area contributed by atoms with E-state index in [0.717, 1.165) is 5.56 Å². The van der Waals surface area contributed by atoms with Crippen molar-refractivity contribution in [2.45, 2.75) is 12.5 Å². The lowest BCUT2D eigenvalue weighted by atomic mass is 9.95. The summed E-state index contributed by atoms with van der Waals surface area (Å²) in [4.78, 5) is 12.4. The lowest BCUT2D eigenvalue weighted by Crippen LogP contribution is -2.21. The Bertz CT molecular complexity index is 652. The van der Waals surface area contributed by atoms with Crippen LogP contribution in [-0.2, 0) is 0 Å². The van der Waals surface area contributed by atoms with Crippen molar-refractivity contribution < 1.29 is 14.3 Å². The Morgan fingerprint density at radius 2 is 1.95 bits per heavy atom. The van der Waals surface area contributed by atoms with E-state index in [0.29, 0.717) is 22.1 Å². The average Bonchev–Trinajstić information content (AvgIpc) is 2.49. The van der Waals surface area contributed by atoms with Crippen LogP contribution < -0.4 is 9.47 Å². The first-order valence-electron chi connectivity index (χ1n) is 6.32. The largest absolute Gasteiger partial charge is 0.496 e. The second-order valence-electron chi connectivity index (χ2n) is 4.60. The molecule has 1 heterocycles. The van der Waals surface area contributed by atoms with Crippen LogP contribution >= 0.6 is 11.6 Å². The van der Waals surface area contributed by atoms with Gasteiger partial charge in [-0.3, -0.25) is 4.79 Å². The molecule has 4 heteroatoms. The summed E-state index contributed by atoms with van der Waals surface area (Å²) in [7, 11) is 1.53. The molecule has 20 heavy (non-hydrogen) atoms. The first-order valence-corrected chi connectivity index (χ1v) is 6.70. The third-order valence-corrected chi connectivity index (χ3v) is 3.67. The summed E-state index contributed by atoms with van der Waals surface area (Å²) in [6.45, 7) is 0. The second-order valence-corrected chi connectivity index (χ2v) is 5.01. The standard InChI is InChI=1S/C16H13ClO3/c1-19-13-8-7-11(17)16-15(13)12(18)9-14(20-16)10-5-3-2-4-6-10/h2-8,14H,9H2,1H3. The molecule has 0 amide bonds. The van der Waals surface area contributed by atoms with Crippen LogP contribution in [0.4, 0.5) is 0 Å². The molecule has 0 aromatic heterocycles. The van der Waals surface area contributed by atoms with Gasteiger partial charge in [0.2, 0.25) is 0 Å². The number of methoxy groups -OCH3 is 1. The van der Waals surface area contributed by atoms with Gasteiger partial charge in [0.25, 0.3) is 0 Å². The molecule has 2 aromatic carbocycles. The van der Waals surface area contributed by atoms with Crippen molar-refractivity contribution in [3.63, 3.8) is 0 Å². The van der Waals surface area contributed by atoms with E-state index in [2.05, 4.69) is 0 Å². The predicted molar refractivity (Wildman–Crippen MR) is 76.8 cm³/mol. The number of carbonyl (C=O) groups excluding carboxylic acids is 1. The van der Waals surface area contributed by atoms with Crippen LogP contribution in [0.3, 0.4) is 0 Å². The first-order chi connectivity index (χ1) is 9.70. The Labute approximate surface area is 122 Å². The third kappa shape index (κ3) is 2.14. The zero-order valence-corrected chi connectivity index (χ0v) is 11.7. The van der Waals surface area contributed by atoms with Gasteiger partial charge in [-0.1, -0.05) is 41.9 Å². The highest BCUT2D eigenvalue weighted by Gasteiger charge is 2.32. The quantitative estimate of drug-likeness (QED) is 0.836. The summed E-state index contributed by atoms with van der Waals surface area (Å²) < 4.78 is 11.1. The smallest absolute Gasteiger partial charge is 0.174 e. The van der Waals surface area contributed by atoms with Crippen LogP contribution in [0, 0.1) is 0 Å². The molecule has 102 valence electrons. The molecule has 1 unspecified atom stereocenters. The molecule has 1 atom stereocenters. The first kappa shape index (κ1) is 13.0. The highest BCUT2D eigenvalue weighted by atomic mass is 35.5. The molecule has 0 saturated heterocycles. The Morgan fingerprint density at radius 3 is 2.65 bits per heavy atom. The van der Waals surface area contributed by atoms with Crippen LogP contribution in [0.2, 0.25) is 5.02 Å².